The summed E-state index contributed by atoms with van der Waals surface area (Å²) in [6.07, 6.45) is 9.27. The van der Waals surface area contributed by atoms with Crippen LogP contribution in [0.25, 0.3) is 5.70 Å². The molecule has 5 nitrogen and oxygen atoms in total. The van der Waals surface area contributed by atoms with Crippen molar-refractivity contribution in [3.8, 4) is 0 Å². The number of amides is 1. The summed E-state index contributed by atoms with van der Waals surface area (Å²) in [4.78, 5) is 23.3. The maximum atomic E-state index is 14.5. The SMILES string of the molecule is CCc1cn(C2=NCC(=O)N3CCc4c(ccc(F)c4C4CC4)C3=C2)cn1. The number of fused-ring (bicyclic) bond motifs is 3. The topological polar surface area (TPSA) is 50.5 Å². The molecule has 1 aromatic heterocycles. The first-order chi connectivity index (χ1) is 13.2. The fraction of sp³-hybridized carbons (Fsp3) is 0.381. The lowest BCUT2D eigenvalue weighted by atomic mass is 9.89. The smallest absolute Gasteiger partial charge is 0.248 e. The largest absolute Gasteiger partial charge is 0.310 e. The van der Waals surface area contributed by atoms with Gasteiger partial charge in [0.25, 0.3) is 0 Å². The molecule has 1 aromatic carbocycles. The Balaban J connectivity index is 1.64. The maximum absolute atomic E-state index is 14.5. The van der Waals surface area contributed by atoms with Gasteiger partial charge in [0.2, 0.25) is 5.91 Å². The highest BCUT2D eigenvalue weighted by molar-refractivity contribution is 6.06. The number of aliphatic imine (C=N–C) groups is 1. The zero-order chi connectivity index (χ0) is 18.5. The van der Waals surface area contributed by atoms with Crippen LogP contribution in [0.4, 0.5) is 4.39 Å². The second kappa shape index (κ2) is 6.15. The Labute approximate surface area is 157 Å². The van der Waals surface area contributed by atoms with Crippen molar-refractivity contribution in [3.05, 3.63) is 58.9 Å². The second-order valence-corrected chi connectivity index (χ2v) is 7.39. The molecular formula is C21H21FN4O. The average Bonchev–Trinajstić information content (AvgIpc) is 3.42. The minimum Gasteiger partial charge on any atom is -0.310 e. The van der Waals surface area contributed by atoms with Crippen molar-refractivity contribution >= 4 is 17.4 Å². The molecule has 1 amide bonds. The molecule has 0 bridgehead atoms. The Kier molecular flexibility index (Phi) is 3.74. The molecule has 3 heterocycles. The van der Waals surface area contributed by atoms with Gasteiger partial charge in [-0.3, -0.25) is 14.4 Å². The molecule has 0 N–H and O–H groups in total. The highest BCUT2D eigenvalue weighted by Crippen LogP contribution is 2.46. The highest BCUT2D eigenvalue weighted by Gasteiger charge is 2.35. The molecule has 1 aliphatic carbocycles. The van der Waals surface area contributed by atoms with Crippen molar-refractivity contribution in [3.63, 3.8) is 0 Å². The summed E-state index contributed by atoms with van der Waals surface area (Å²) in [5, 5.41) is 0. The number of halogens is 1. The quantitative estimate of drug-likeness (QED) is 0.822. The van der Waals surface area contributed by atoms with Crippen molar-refractivity contribution in [2.75, 3.05) is 13.1 Å². The van der Waals surface area contributed by atoms with Crippen LogP contribution in [0.1, 0.15) is 48.1 Å². The number of aryl methyl sites for hydroxylation is 1. The Bertz CT molecular complexity index is 1000. The molecule has 6 heteroatoms. The van der Waals surface area contributed by atoms with E-state index in [4.69, 9.17) is 0 Å². The van der Waals surface area contributed by atoms with Gasteiger partial charge in [-0.15, -0.1) is 0 Å². The summed E-state index contributed by atoms with van der Waals surface area (Å²) < 4.78 is 16.4. The predicted molar refractivity (Wildman–Crippen MR) is 101 cm³/mol. The van der Waals surface area contributed by atoms with Crippen molar-refractivity contribution in [2.45, 2.75) is 38.5 Å². The van der Waals surface area contributed by atoms with E-state index in [9.17, 15) is 9.18 Å². The van der Waals surface area contributed by atoms with Crippen LogP contribution in [-0.4, -0.2) is 39.3 Å². The monoisotopic (exact) mass is 364 g/mol. The van der Waals surface area contributed by atoms with Crippen molar-refractivity contribution in [1.82, 2.24) is 14.5 Å². The summed E-state index contributed by atoms with van der Waals surface area (Å²) in [5.41, 5.74) is 4.69. The van der Waals surface area contributed by atoms with Gasteiger partial charge in [-0.25, -0.2) is 9.37 Å². The molecule has 1 fully saturated rings. The first-order valence-electron chi connectivity index (χ1n) is 9.57. The molecule has 0 spiro atoms. The lowest BCUT2D eigenvalue weighted by Gasteiger charge is -2.32. The first-order valence-corrected chi connectivity index (χ1v) is 9.57. The second-order valence-electron chi connectivity index (χ2n) is 7.39. The van der Waals surface area contributed by atoms with Crippen LogP contribution < -0.4 is 0 Å². The van der Waals surface area contributed by atoms with Crippen LogP contribution in [0.3, 0.4) is 0 Å². The number of benzene rings is 1. The molecule has 3 aliphatic rings. The summed E-state index contributed by atoms with van der Waals surface area (Å²) in [5.74, 6) is 0.900. The van der Waals surface area contributed by atoms with E-state index in [1.54, 1.807) is 17.3 Å². The lowest BCUT2D eigenvalue weighted by Crippen LogP contribution is -2.36. The molecule has 0 unspecified atom stereocenters. The van der Waals surface area contributed by atoms with Gasteiger partial charge in [0, 0.05) is 24.4 Å². The molecule has 0 atom stereocenters. The third-order valence-corrected chi connectivity index (χ3v) is 5.65. The van der Waals surface area contributed by atoms with Gasteiger partial charge in [-0.05, 0) is 54.9 Å². The van der Waals surface area contributed by atoms with Crippen LogP contribution in [0.15, 0.2) is 35.7 Å². The lowest BCUT2D eigenvalue weighted by molar-refractivity contribution is -0.126. The first kappa shape index (κ1) is 16.4. The Hall–Kier alpha value is -2.76. The molecule has 5 rings (SSSR count). The number of hydrogen-bond donors (Lipinski definition) is 0. The van der Waals surface area contributed by atoms with Crippen LogP contribution in [0.5, 0.6) is 0 Å². The van der Waals surface area contributed by atoms with Crippen LogP contribution in [0.2, 0.25) is 0 Å². The zero-order valence-electron chi connectivity index (χ0n) is 15.3. The van der Waals surface area contributed by atoms with Gasteiger partial charge >= 0.3 is 0 Å². The average molecular weight is 364 g/mol. The molecule has 1 saturated carbocycles. The van der Waals surface area contributed by atoms with E-state index in [0.29, 0.717) is 24.7 Å². The fourth-order valence-electron chi connectivity index (χ4n) is 4.09. The molecule has 0 saturated heterocycles. The van der Waals surface area contributed by atoms with E-state index in [1.807, 2.05) is 22.9 Å². The highest BCUT2D eigenvalue weighted by atomic mass is 19.1. The molecule has 138 valence electrons. The zero-order valence-corrected chi connectivity index (χ0v) is 15.3. The normalized spacial score (nSPS) is 19.2. The Morgan fingerprint density at radius 3 is 2.89 bits per heavy atom. The summed E-state index contributed by atoms with van der Waals surface area (Å²) in [6.45, 7) is 2.74. The number of imidazole rings is 1. The van der Waals surface area contributed by atoms with E-state index in [-0.39, 0.29) is 18.3 Å². The number of rotatable bonds is 2. The van der Waals surface area contributed by atoms with E-state index in [0.717, 1.165) is 47.3 Å². The van der Waals surface area contributed by atoms with E-state index in [2.05, 4.69) is 16.9 Å². The van der Waals surface area contributed by atoms with Gasteiger partial charge < -0.3 is 4.90 Å². The van der Waals surface area contributed by atoms with Crippen LogP contribution in [0, 0.1) is 5.82 Å². The summed E-state index contributed by atoms with van der Waals surface area (Å²) in [6, 6.07) is 3.37. The van der Waals surface area contributed by atoms with Gasteiger partial charge in [0.1, 0.15) is 24.5 Å². The minimum absolute atomic E-state index is 0.0185. The van der Waals surface area contributed by atoms with Crippen LogP contribution >= 0.6 is 0 Å². The van der Waals surface area contributed by atoms with Crippen LogP contribution in [-0.2, 0) is 17.6 Å². The number of carbonyl (C=O) groups is 1. The van der Waals surface area contributed by atoms with Gasteiger partial charge in [0.15, 0.2) is 0 Å². The van der Waals surface area contributed by atoms with E-state index >= 15 is 0 Å². The Morgan fingerprint density at radius 2 is 2.15 bits per heavy atom. The van der Waals surface area contributed by atoms with Crippen molar-refractivity contribution in [2.24, 2.45) is 4.99 Å². The molecule has 2 aromatic rings. The standard InChI is InChI=1S/C21H21FN4O/c1-2-14-11-25(12-24-14)19-9-18-15-5-6-17(22)21(13-3-4-13)16(15)7-8-26(18)20(27)10-23-19/h5-6,9,11-13H,2-4,7-8,10H2,1H3. The predicted octanol–water partition coefficient (Wildman–Crippen LogP) is 3.15. The van der Waals surface area contributed by atoms with E-state index in [1.165, 1.54) is 0 Å². The number of carbonyl (C=O) groups excluding carboxylic acids is 1. The van der Waals surface area contributed by atoms with Crippen molar-refractivity contribution in [1.29, 1.82) is 0 Å². The summed E-state index contributed by atoms with van der Waals surface area (Å²) >= 11 is 0. The molecular weight excluding hydrogens is 343 g/mol. The van der Waals surface area contributed by atoms with Gasteiger partial charge in [-0.2, -0.15) is 0 Å². The van der Waals surface area contributed by atoms with E-state index < -0.39 is 0 Å². The van der Waals surface area contributed by atoms with Gasteiger partial charge in [-0.1, -0.05) is 6.92 Å². The third kappa shape index (κ3) is 2.71. The fourth-order valence-corrected chi connectivity index (χ4v) is 4.09. The molecule has 27 heavy (non-hydrogen) atoms. The number of nitrogens with zero attached hydrogens (tertiary/aromatic N) is 4. The third-order valence-electron chi connectivity index (χ3n) is 5.65. The summed E-state index contributed by atoms with van der Waals surface area (Å²) in [7, 11) is 0. The van der Waals surface area contributed by atoms with Crippen molar-refractivity contribution < 1.29 is 9.18 Å². The Morgan fingerprint density at radius 1 is 1.30 bits per heavy atom. The number of aromatic nitrogens is 2. The number of hydrogen-bond acceptors (Lipinski definition) is 3. The van der Waals surface area contributed by atoms with Gasteiger partial charge in [0.05, 0.1) is 11.4 Å². The molecule has 2 aliphatic heterocycles. The molecule has 0 radical (unpaired) electrons. The number of allylic oxidation sites excluding steroid dienone is 1. The minimum atomic E-state index is -0.110. The maximum Gasteiger partial charge on any atom is 0.248 e.